The van der Waals surface area contributed by atoms with E-state index in [0.717, 1.165) is 18.4 Å². The molecule has 0 saturated heterocycles. The summed E-state index contributed by atoms with van der Waals surface area (Å²) in [5, 5.41) is 8.80. The molecule has 0 saturated carbocycles. The molecule has 0 aliphatic carbocycles. The van der Waals surface area contributed by atoms with E-state index in [4.69, 9.17) is 5.21 Å². The highest BCUT2D eigenvalue weighted by molar-refractivity contribution is 7.80. The summed E-state index contributed by atoms with van der Waals surface area (Å²) in [4.78, 5) is -0.551. The molecule has 1 rings (SSSR count). The number of alkyl halides is 3. The van der Waals surface area contributed by atoms with Gasteiger partial charge in [-0.1, -0.05) is 6.08 Å². The third-order valence-electron chi connectivity index (χ3n) is 1.38. The second-order valence-corrected chi connectivity index (χ2v) is 2.65. The Morgan fingerprint density at radius 2 is 2.08 bits per heavy atom. The van der Waals surface area contributed by atoms with Crippen LogP contribution < -0.4 is 0 Å². The normalized spacial score (nSPS) is 24.1. The van der Waals surface area contributed by atoms with Gasteiger partial charge in [0.25, 0.3) is 0 Å². The third-order valence-corrected chi connectivity index (χ3v) is 1.82. The smallest absolute Gasteiger partial charge is 0.284 e. The Morgan fingerprint density at radius 1 is 1.50 bits per heavy atom. The van der Waals surface area contributed by atoms with E-state index >= 15 is 0 Å². The number of thiocarbonyl (C=S) groups is 1. The largest absolute Gasteiger partial charge is 0.406 e. The van der Waals surface area contributed by atoms with Gasteiger partial charge in [0.1, 0.15) is 0 Å². The van der Waals surface area contributed by atoms with Gasteiger partial charge < -0.3 is 0 Å². The zero-order valence-electron chi connectivity index (χ0n) is 5.75. The van der Waals surface area contributed by atoms with Gasteiger partial charge in [0.2, 0.25) is 6.21 Å². The molecule has 2 nitrogen and oxygen atoms in total. The summed E-state index contributed by atoms with van der Waals surface area (Å²) >= 11 is 4.37. The molecule has 0 spiro atoms. The molecular formula is C6H5F3NOS+. The highest BCUT2D eigenvalue weighted by Crippen LogP contribution is 2.29. The van der Waals surface area contributed by atoms with E-state index in [9.17, 15) is 13.2 Å². The number of allylic oxidation sites excluding steroid dienone is 1. The number of hydroxylamine groups is 1. The summed E-state index contributed by atoms with van der Waals surface area (Å²) in [6.45, 7) is 0. The van der Waals surface area contributed by atoms with E-state index < -0.39 is 17.1 Å². The minimum atomic E-state index is -4.43. The van der Waals surface area contributed by atoms with E-state index in [0.29, 0.717) is 4.74 Å². The van der Waals surface area contributed by atoms with Crippen molar-refractivity contribution in [2.45, 2.75) is 6.18 Å². The lowest BCUT2D eigenvalue weighted by molar-refractivity contribution is -0.686. The second-order valence-electron chi connectivity index (χ2n) is 2.24. The van der Waals surface area contributed by atoms with E-state index in [2.05, 4.69) is 12.2 Å². The zero-order chi connectivity index (χ0) is 9.35. The summed E-state index contributed by atoms with van der Waals surface area (Å²) in [6, 6.07) is 0. The Labute approximate surface area is 71.6 Å². The predicted octanol–water partition coefficient (Wildman–Crippen LogP) is 1.53. The molecule has 0 fully saturated rings. The van der Waals surface area contributed by atoms with Crippen LogP contribution in [0.15, 0.2) is 12.2 Å². The van der Waals surface area contributed by atoms with Crippen molar-refractivity contribution in [2.75, 3.05) is 0 Å². The minimum absolute atomic E-state index is 0.299. The number of hydrogen-bond acceptors (Lipinski definition) is 2. The molecule has 0 aromatic rings. The Morgan fingerprint density at radius 3 is 2.50 bits per heavy atom. The van der Waals surface area contributed by atoms with Crippen molar-refractivity contribution in [3.63, 3.8) is 0 Å². The molecule has 6 heteroatoms. The van der Waals surface area contributed by atoms with Crippen molar-refractivity contribution < 1.29 is 23.1 Å². The van der Waals surface area contributed by atoms with Crippen molar-refractivity contribution in [3.05, 3.63) is 12.2 Å². The van der Waals surface area contributed by atoms with E-state index in [1.165, 1.54) is 0 Å². The molecule has 1 atom stereocenters. The maximum Gasteiger partial charge on any atom is 0.406 e. The summed E-state index contributed by atoms with van der Waals surface area (Å²) in [6.07, 6.45) is -1.36. The van der Waals surface area contributed by atoms with Crippen LogP contribution in [0.25, 0.3) is 0 Å². The third kappa shape index (κ3) is 1.63. The van der Waals surface area contributed by atoms with Gasteiger partial charge in [0.15, 0.2) is 5.92 Å². The first-order valence-corrected chi connectivity index (χ1v) is 3.44. The van der Waals surface area contributed by atoms with Crippen molar-refractivity contribution in [1.29, 1.82) is 0 Å². The maximum absolute atomic E-state index is 12.1. The Kier molecular flexibility index (Phi) is 2.18. The molecule has 0 bridgehead atoms. The van der Waals surface area contributed by atoms with Gasteiger partial charge in [-0.15, -0.1) is 0 Å². The van der Waals surface area contributed by atoms with Crippen LogP contribution in [-0.2, 0) is 0 Å². The van der Waals surface area contributed by atoms with E-state index in [1.807, 2.05) is 0 Å². The zero-order valence-corrected chi connectivity index (χ0v) is 6.56. The average molecular weight is 196 g/mol. The molecular weight excluding hydrogens is 191 g/mol. The summed E-state index contributed by atoms with van der Waals surface area (Å²) < 4.78 is 36.5. The quantitative estimate of drug-likeness (QED) is 0.361. The SMILES string of the molecule is O[N+]1=CC=CC(C(F)(F)F)C1=S. The number of nitrogens with zero attached hydrogens (tertiary/aromatic N) is 1. The van der Waals surface area contributed by atoms with Crippen LogP contribution >= 0.6 is 12.2 Å². The Bertz CT molecular complexity index is 268. The van der Waals surface area contributed by atoms with Crippen LogP contribution in [-0.4, -0.2) is 27.3 Å². The van der Waals surface area contributed by atoms with Gasteiger partial charge in [-0.3, -0.25) is 5.21 Å². The topological polar surface area (TPSA) is 23.2 Å². The molecule has 66 valence electrons. The number of rotatable bonds is 0. The highest BCUT2D eigenvalue weighted by Gasteiger charge is 2.47. The molecule has 0 radical (unpaired) electrons. The van der Waals surface area contributed by atoms with Crippen LogP contribution in [0.2, 0.25) is 0 Å². The predicted molar refractivity (Wildman–Crippen MR) is 39.4 cm³/mol. The molecule has 1 N–H and O–H groups in total. The van der Waals surface area contributed by atoms with Crippen molar-refractivity contribution in [3.8, 4) is 0 Å². The lowest BCUT2D eigenvalue weighted by atomic mass is 10.1. The van der Waals surface area contributed by atoms with Crippen LogP contribution in [0.1, 0.15) is 0 Å². The average Bonchev–Trinajstić information content (AvgIpc) is 1.92. The summed E-state index contributed by atoms with van der Waals surface area (Å²) in [7, 11) is 0. The Balaban J connectivity index is 2.92. The standard InChI is InChI=1S/C6H5F3NOS/c7-6(8,9)4-2-1-3-10(11)5(4)12/h1-4,11H/q+1. The van der Waals surface area contributed by atoms with Crippen LogP contribution in [0, 0.1) is 5.92 Å². The first kappa shape index (κ1) is 9.18. The highest BCUT2D eigenvalue weighted by atomic mass is 32.1. The maximum atomic E-state index is 12.1. The number of halogens is 3. The number of hydrogen-bond donors (Lipinski definition) is 1. The second kappa shape index (κ2) is 2.85. The van der Waals surface area contributed by atoms with Gasteiger partial charge in [-0.2, -0.15) is 13.2 Å². The van der Waals surface area contributed by atoms with Gasteiger partial charge in [-0.25, -0.2) is 0 Å². The molecule has 1 aliphatic heterocycles. The van der Waals surface area contributed by atoms with Gasteiger partial charge >= 0.3 is 11.2 Å². The van der Waals surface area contributed by atoms with Gasteiger partial charge in [0.05, 0.1) is 0 Å². The summed E-state index contributed by atoms with van der Waals surface area (Å²) in [5.74, 6) is -1.86. The van der Waals surface area contributed by atoms with Crippen LogP contribution in [0.5, 0.6) is 0 Å². The molecule has 1 unspecified atom stereocenters. The first-order valence-electron chi connectivity index (χ1n) is 3.03. The van der Waals surface area contributed by atoms with Crippen LogP contribution in [0.4, 0.5) is 13.2 Å². The molecule has 0 amide bonds. The van der Waals surface area contributed by atoms with E-state index in [-0.39, 0.29) is 0 Å². The fourth-order valence-corrected chi connectivity index (χ4v) is 1.06. The van der Waals surface area contributed by atoms with Gasteiger partial charge in [-0.05, 0) is 12.2 Å². The molecule has 12 heavy (non-hydrogen) atoms. The monoisotopic (exact) mass is 196 g/mol. The van der Waals surface area contributed by atoms with Crippen molar-refractivity contribution in [2.24, 2.45) is 5.92 Å². The van der Waals surface area contributed by atoms with Crippen molar-refractivity contribution in [1.82, 2.24) is 0 Å². The molecule has 0 aromatic carbocycles. The van der Waals surface area contributed by atoms with Crippen molar-refractivity contribution >= 4 is 23.4 Å². The first-order chi connectivity index (χ1) is 5.43. The molecule has 0 aromatic heterocycles. The lowest BCUT2D eigenvalue weighted by Gasteiger charge is -2.13. The van der Waals surface area contributed by atoms with Crippen LogP contribution in [0.3, 0.4) is 0 Å². The minimum Gasteiger partial charge on any atom is -0.284 e. The molecule has 1 heterocycles. The fraction of sp³-hybridized carbons (Fsp3) is 0.333. The Hall–Kier alpha value is -0.910. The van der Waals surface area contributed by atoms with Gasteiger partial charge in [0, 0.05) is 10.8 Å². The fourth-order valence-electron chi connectivity index (χ4n) is 0.790. The molecule has 1 aliphatic rings. The van der Waals surface area contributed by atoms with E-state index in [1.54, 1.807) is 0 Å². The summed E-state index contributed by atoms with van der Waals surface area (Å²) in [5.41, 5.74) is 0. The lowest BCUT2D eigenvalue weighted by Crippen LogP contribution is -2.36.